The van der Waals surface area contributed by atoms with E-state index in [0.29, 0.717) is 54.7 Å². The first kappa shape index (κ1) is 21.6. The van der Waals surface area contributed by atoms with Gasteiger partial charge in [0.25, 0.3) is 11.8 Å². The number of rotatable bonds is 3. The molecule has 3 aromatic rings. The highest BCUT2D eigenvalue weighted by molar-refractivity contribution is 6.30. The van der Waals surface area contributed by atoms with Crippen molar-refractivity contribution in [2.24, 2.45) is 0 Å². The van der Waals surface area contributed by atoms with Crippen molar-refractivity contribution in [3.8, 4) is 0 Å². The van der Waals surface area contributed by atoms with Crippen LogP contribution in [0.5, 0.6) is 0 Å². The fourth-order valence-electron chi connectivity index (χ4n) is 4.20. The van der Waals surface area contributed by atoms with Gasteiger partial charge in [0.1, 0.15) is 6.10 Å². The van der Waals surface area contributed by atoms with Crippen LogP contribution >= 0.6 is 11.6 Å². The van der Waals surface area contributed by atoms with Gasteiger partial charge in [-0.15, -0.1) is 5.10 Å². The van der Waals surface area contributed by atoms with Crippen molar-refractivity contribution >= 4 is 23.4 Å². The minimum Gasteiger partial charge on any atom is -0.365 e. The Labute approximate surface area is 196 Å². The molecule has 2 aliphatic rings. The molecule has 0 spiro atoms. The van der Waals surface area contributed by atoms with E-state index in [-0.39, 0.29) is 24.5 Å². The molecule has 0 bridgehead atoms. The van der Waals surface area contributed by atoms with E-state index >= 15 is 0 Å². The molecule has 1 aromatic heterocycles. The van der Waals surface area contributed by atoms with E-state index in [1.54, 1.807) is 38.7 Å². The first-order valence-corrected chi connectivity index (χ1v) is 11.3. The number of carbonyl (C=O) groups is 2. The summed E-state index contributed by atoms with van der Waals surface area (Å²) in [5.41, 5.74) is 3.89. The molecule has 3 heterocycles. The van der Waals surface area contributed by atoms with E-state index in [1.807, 2.05) is 6.92 Å². The normalized spacial score (nSPS) is 18.2. The number of aromatic nitrogens is 3. The van der Waals surface area contributed by atoms with E-state index in [0.717, 1.165) is 5.56 Å². The summed E-state index contributed by atoms with van der Waals surface area (Å²) >= 11 is 5.91. The Kier molecular flexibility index (Phi) is 5.86. The highest BCUT2D eigenvalue weighted by atomic mass is 35.5. The van der Waals surface area contributed by atoms with E-state index in [4.69, 9.17) is 16.3 Å². The predicted molar refractivity (Wildman–Crippen MR) is 122 cm³/mol. The van der Waals surface area contributed by atoms with Crippen LogP contribution in [0.2, 0.25) is 5.02 Å². The number of piperazine rings is 1. The molecule has 2 aliphatic heterocycles. The largest absolute Gasteiger partial charge is 0.365 e. The summed E-state index contributed by atoms with van der Waals surface area (Å²) in [7, 11) is 0. The minimum absolute atomic E-state index is 0.0599. The van der Waals surface area contributed by atoms with Crippen molar-refractivity contribution in [2.75, 3.05) is 26.2 Å². The molecular formula is C24H24ClN5O3. The van der Waals surface area contributed by atoms with Crippen LogP contribution in [0, 0.1) is 6.92 Å². The first-order chi connectivity index (χ1) is 16.0. The third-order valence-corrected chi connectivity index (χ3v) is 6.45. The zero-order valence-corrected chi connectivity index (χ0v) is 19.0. The molecule has 9 heteroatoms. The summed E-state index contributed by atoms with van der Waals surface area (Å²) in [4.78, 5) is 29.3. The summed E-state index contributed by atoms with van der Waals surface area (Å²) in [6, 6.07) is 15.1. The Balaban J connectivity index is 1.22. The highest BCUT2D eigenvalue weighted by Gasteiger charge is 2.32. The number of hydrogen-bond acceptors (Lipinski definition) is 5. The van der Waals surface area contributed by atoms with Crippen LogP contribution in [0.15, 0.2) is 48.5 Å². The van der Waals surface area contributed by atoms with E-state index in [1.165, 1.54) is 5.56 Å². The molecule has 2 amide bonds. The van der Waals surface area contributed by atoms with Crippen molar-refractivity contribution in [3.05, 3.63) is 81.6 Å². The second kappa shape index (κ2) is 8.96. The SMILES string of the molecule is Cc1ccc([C@@H]2Cn3nnc(C(=O)N4CCN(C(=O)c5ccc(Cl)cc5)CC4)c3CO2)cc1. The second-order valence-electron chi connectivity index (χ2n) is 8.37. The predicted octanol–water partition coefficient (Wildman–Crippen LogP) is 3.11. The minimum atomic E-state index is -0.174. The molecule has 0 radical (unpaired) electrons. The highest BCUT2D eigenvalue weighted by Crippen LogP contribution is 2.27. The van der Waals surface area contributed by atoms with Crippen LogP contribution in [0.25, 0.3) is 0 Å². The number of benzene rings is 2. The summed E-state index contributed by atoms with van der Waals surface area (Å²) in [6.45, 7) is 4.65. The number of nitrogens with zero attached hydrogens (tertiary/aromatic N) is 5. The Morgan fingerprint density at radius 2 is 1.58 bits per heavy atom. The van der Waals surface area contributed by atoms with Gasteiger partial charge in [-0.05, 0) is 36.8 Å². The van der Waals surface area contributed by atoms with Gasteiger partial charge in [0, 0.05) is 36.8 Å². The lowest BCUT2D eigenvalue weighted by molar-refractivity contribution is -0.00203. The zero-order valence-electron chi connectivity index (χ0n) is 18.3. The summed E-state index contributed by atoms with van der Waals surface area (Å²) in [6.07, 6.45) is -0.120. The second-order valence-corrected chi connectivity index (χ2v) is 8.80. The molecule has 170 valence electrons. The van der Waals surface area contributed by atoms with Crippen LogP contribution in [0.1, 0.15) is 43.8 Å². The topological polar surface area (TPSA) is 80.6 Å². The Morgan fingerprint density at radius 3 is 2.24 bits per heavy atom. The van der Waals surface area contributed by atoms with Crippen LogP contribution in [-0.4, -0.2) is 62.8 Å². The van der Waals surface area contributed by atoms with Crippen LogP contribution in [0.3, 0.4) is 0 Å². The lowest BCUT2D eigenvalue weighted by atomic mass is 10.1. The first-order valence-electron chi connectivity index (χ1n) is 10.9. The van der Waals surface area contributed by atoms with Gasteiger partial charge in [-0.3, -0.25) is 9.59 Å². The number of halogens is 1. The molecular weight excluding hydrogens is 442 g/mol. The number of amides is 2. The molecule has 0 aliphatic carbocycles. The molecule has 0 unspecified atom stereocenters. The van der Waals surface area contributed by atoms with Gasteiger partial charge in [0.2, 0.25) is 0 Å². The number of hydrogen-bond donors (Lipinski definition) is 0. The van der Waals surface area contributed by atoms with Gasteiger partial charge >= 0.3 is 0 Å². The number of aryl methyl sites for hydroxylation is 1. The van der Waals surface area contributed by atoms with Crippen molar-refractivity contribution in [3.63, 3.8) is 0 Å². The third kappa shape index (κ3) is 4.36. The molecule has 5 rings (SSSR count). The summed E-state index contributed by atoms with van der Waals surface area (Å²) in [5.74, 6) is -0.234. The van der Waals surface area contributed by atoms with Crippen LogP contribution in [0.4, 0.5) is 0 Å². The summed E-state index contributed by atoms with van der Waals surface area (Å²) < 4.78 is 7.80. The fraction of sp³-hybridized carbons (Fsp3) is 0.333. The fourth-order valence-corrected chi connectivity index (χ4v) is 4.32. The summed E-state index contributed by atoms with van der Waals surface area (Å²) in [5, 5.41) is 8.98. The Morgan fingerprint density at radius 1 is 0.939 bits per heavy atom. The molecule has 0 N–H and O–H groups in total. The average Bonchev–Trinajstić information content (AvgIpc) is 3.27. The molecule has 0 saturated carbocycles. The lowest BCUT2D eigenvalue weighted by Crippen LogP contribution is -2.50. The zero-order chi connectivity index (χ0) is 22.9. The quantitative estimate of drug-likeness (QED) is 0.593. The van der Waals surface area contributed by atoms with E-state index in [9.17, 15) is 9.59 Å². The molecule has 1 saturated heterocycles. The van der Waals surface area contributed by atoms with Gasteiger partial charge < -0.3 is 14.5 Å². The molecule has 1 atom stereocenters. The lowest BCUT2D eigenvalue weighted by Gasteiger charge is -2.34. The van der Waals surface area contributed by atoms with Gasteiger partial charge in [-0.25, -0.2) is 4.68 Å². The Hall–Kier alpha value is -3.23. The van der Waals surface area contributed by atoms with Crippen LogP contribution in [-0.2, 0) is 17.9 Å². The van der Waals surface area contributed by atoms with Crippen molar-refractivity contribution in [2.45, 2.75) is 26.2 Å². The standard InChI is InChI=1S/C24H24ClN5O3/c1-16-2-4-17(5-3-16)21-14-30-20(15-33-21)22(26-27-30)24(32)29-12-10-28(11-13-29)23(31)18-6-8-19(25)9-7-18/h2-9,21H,10-15H2,1H3/t21-/m0/s1. The van der Waals surface area contributed by atoms with Gasteiger partial charge in [-0.2, -0.15) is 0 Å². The van der Waals surface area contributed by atoms with Gasteiger partial charge in [0.05, 0.1) is 18.8 Å². The monoisotopic (exact) mass is 465 g/mol. The molecule has 8 nitrogen and oxygen atoms in total. The number of fused-ring (bicyclic) bond motifs is 1. The van der Waals surface area contributed by atoms with Gasteiger partial charge in [0.15, 0.2) is 5.69 Å². The number of carbonyl (C=O) groups excluding carboxylic acids is 2. The van der Waals surface area contributed by atoms with Crippen LogP contribution < -0.4 is 0 Å². The van der Waals surface area contributed by atoms with E-state index in [2.05, 4.69) is 34.6 Å². The molecule has 33 heavy (non-hydrogen) atoms. The third-order valence-electron chi connectivity index (χ3n) is 6.19. The molecule has 1 fully saturated rings. The number of ether oxygens (including phenoxy) is 1. The van der Waals surface area contributed by atoms with Gasteiger partial charge in [-0.1, -0.05) is 46.6 Å². The van der Waals surface area contributed by atoms with Crippen molar-refractivity contribution in [1.82, 2.24) is 24.8 Å². The molecule has 2 aromatic carbocycles. The maximum absolute atomic E-state index is 13.1. The average molecular weight is 466 g/mol. The Bertz CT molecular complexity index is 1170. The maximum Gasteiger partial charge on any atom is 0.276 e. The van der Waals surface area contributed by atoms with Crippen molar-refractivity contribution in [1.29, 1.82) is 0 Å². The van der Waals surface area contributed by atoms with Crippen molar-refractivity contribution < 1.29 is 14.3 Å². The maximum atomic E-state index is 13.1. The van der Waals surface area contributed by atoms with E-state index < -0.39 is 0 Å². The smallest absolute Gasteiger partial charge is 0.276 e.